The number of carbonyl (C=O) groups is 2. The number of benzene rings is 3. The van der Waals surface area contributed by atoms with E-state index in [2.05, 4.69) is 10.5 Å². The number of carboxylic acid groups (broad SMARTS) is 1. The fourth-order valence-corrected chi connectivity index (χ4v) is 4.08. The van der Waals surface area contributed by atoms with Crippen LogP contribution in [0.4, 0.5) is 0 Å². The third kappa shape index (κ3) is 6.41. The molecule has 37 heavy (non-hydrogen) atoms. The van der Waals surface area contributed by atoms with Crippen molar-refractivity contribution in [1.82, 2.24) is 10.5 Å². The van der Waals surface area contributed by atoms with Crippen LogP contribution in [-0.4, -0.2) is 42.4 Å². The Morgan fingerprint density at radius 1 is 1.03 bits per heavy atom. The van der Waals surface area contributed by atoms with Gasteiger partial charge in [-0.2, -0.15) is 0 Å². The van der Waals surface area contributed by atoms with E-state index < -0.39 is 11.9 Å². The number of ether oxygens (including phenoxy) is 2. The van der Waals surface area contributed by atoms with Gasteiger partial charge < -0.3 is 24.4 Å². The van der Waals surface area contributed by atoms with E-state index in [1.807, 2.05) is 0 Å². The molecular formula is C27H22Cl2N2O6. The highest BCUT2D eigenvalue weighted by Gasteiger charge is 2.25. The Balaban J connectivity index is 1.59. The second-order valence-electron chi connectivity index (χ2n) is 7.91. The molecule has 2 N–H and O–H groups in total. The lowest BCUT2D eigenvalue weighted by atomic mass is 10.00. The fourth-order valence-electron chi connectivity index (χ4n) is 3.62. The minimum atomic E-state index is -0.934. The Kier molecular flexibility index (Phi) is 8.32. The molecule has 0 atom stereocenters. The largest absolute Gasteiger partial charge is 0.497 e. The molecule has 1 amide bonds. The van der Waals surface area contributed by atoms with E-state index in [1.54, 1.807) is 73.8 Å². The van der Waals surface area contributed by atoms with Gasteiger partial charge >= 0.3 is 5.97 Å². The van der Waals surface area contributed by atoms with Gasteiger partial charge in [-0.15, -0.1) is 0 Å². The maximum atomic E-state index is 13.4. The van der Waals surface area contributed by atoms with Gasteiger partial charge in [0, 0.05) is 16.1 Å². The molecule has 0 spiro atoms. The lowest BCUT2D eigenvalue weighted by molar-refractivity contribution is -0.136. The fraction of sp³-hybridized carbons (Fsp3) is 0.148. The van der Waals surface area contributed by atoms with Crippen molar-refractivity contribution in [2.24, 2.45) is 0 Å². The average Bonchev–Trinajstić information content (AvgIpc) is 3.33. The predicted molar refractivity (Wildman–Crippen MR) is 140 cm³/mol. The summed E-state index contributed by atoms with van der Waals surface area (Å²) in [4.78, 5) is 24.4. The van der Waals surface area contributed by atoms with Gasteiger partial charge in [0.2, 0.25) is 0 Å². The normalized spacial score (nSPS) is 10.7. The number of hydrogen-bond acceptors (Lipinski definition) is 6. The molecule has 1 heterocycles. The number of aromatic nitrogens is 1. The van der Waals surface area contributed by atoms with Crippen LogP contribution in [0.2, 0.25) is 10.0 Å². The van der Waals surface area contributed by atoms with Crippen LogP contribution in [0, 0.1) is 0 Å². The van der Waals surface area contributed by atoms with Crippen molar-refractivity contribution >= 4 is 35.1 Å². The van der Waals surface area contributed by atoms with Crippen molar-refractivity contribution in [2.75, 3.05) is 20.3 Å². The quantitative estimate of drug-likeness (QED) is 0.246. The van der Waals surface area contributed by atoms with E-state index in [0.717, 1.165) is 0 Å². The van der Waals surface area contributed by atoms with E-state index >= 15 is 0 Å². The highest BCUT2D eigenvalue weighted by atomic mass is 35.5. The summed E-state index contributed by atoms with van der Waals surface area (Å²) >= 11 is 12.0. The van der Waals surface area contributed by atoms with Crippen LogP contribution < -0.4 is 14.8 Å². The van der Waals surface area contributed by atoms with Gasteiger partial charge in [-0.25, -0.2) is 0 Å². The number of rotatable bonds is 10. The summed E-state index contributed by atoms with van der Waals surface area (Å²) in [6.45, 7) is 0.337. The van der Waals surface area contributed by atoms with Crippen molar-refractivity contribution in [1.29, 1.82) is 0 Å². The molecule has 0 saturated carbocycles. The van der Waals surface area contributed by atoms with Crippen LogP contribution in [0.3, 0.4) is 0 Å². The molecule has 0 unspecified atom stereocenters. The molecule has 0 aliphatic rings. The number of carbonyl (C=O) groups excluding carboxylic acids is 1. The molecule has 0 bridgehead atoms. The first kappa shape index (κ1) is 26.1. The van der Waals surface area contributed by atoms with E-state index in [1.165, 1.54) is 0 Å². The van der Waals surface area contributed by atoms with Crippen LogP contribution in [0.15, 0.2) is 71.3 Å². The summed E-state index contributed by atoms with van der Waals surface area (Å²) in [6, 6.07) is 18.7. The van der Waals surface area contributed by atoms with Crippen LogP contribution in [0.25, 0.3) is 22.6 Å². The second kappa shape index (κ2) is 11.8. The van der Waals surface area contributed by atoms with E-state index in [0.29, 0.717) is 43.9 Å². The lowest BCUT2D eigenvalue weighted by Gasteiger charge is -2.10. The molecule has 10 heteroatoms. The first-order chi connectivity index (χ1) is 17.9. The summed E-state index contributed by atoms with van der Waals surface area (Å²) in [6.07, 6.45) is -0.112. The van der Waals surface area contributed by atoms with Crippen molar-refractivity contribution in [2.45, 2.75) is 6.42 Å². The van der Waals surface area contributed by atoms with Crippen LogP contribution in [0.1, 0.15) is 15.9 Å². The summed E-state index contributed by atoms with van der Waals surface area (Å²) in [5, 5.41) is 16.9. The van der Waals surface area contributed by atoms with Gasteiger partial charge in [-0.1, -0.05) is 64.8 Å². The Hall–Kier alpha value is -4.01. The molecule has 4 rings (SSSR count). The predicted octanol–water partition coefficient (Wildman–Crippen LogP) is 5.76. The van der Waals surface area contributed by atoms with Crippen molar-refractivity contribution in [3.8, 4) is 34.1 Å². The van der Waals surface area contributed by atoms with Gasteiger partial charge in [-0.05, 0) is 35.9 Å². The zero-order valence-electron chi connectivity index (χ0n) is 19.7. The molecule has 4 aromatic rings. The highest BCUT2D eigenvalue weighted by molar-refractivity contribution is 6.35. The molecule has 1 aromatic heterocycles. The highest BCUT2D eigenvalue weighted by Crippen LogP contribution is 2.34. The minimum Gasteiger partial charge on any atom is -0.497 e. The molecule has 0 radical (unpaired) electrons. The number of carboxylic acids is 1. The van der Waals surface area contributed by atoms with Crippen LogP contribution in [0.5, 0.6) is 11.5 Å². The Morgan fingerprint density at radius 2 is 1.81 bits per heavy atom. The Morgan fingerprint density at radius 3 is 2.51 bits per heavy atom. The summed E-state index contributed by atoms with van der Waals surface area (Å²) in [5.74, 6) is -0.0496. The van der Waals surface area contributed by atoms with Gasteiger partial charge in [0.15, 0.2) is 5.76 Å². The smallest absolute Gasteiger partial charge is 0.307 e. The number of hydrogen-bond donors (Lipinski definition) is 2. The third-order valence-electron chi connectivity index (χ3n) is 5.37. The molecular weight excluding hydrogens is 519 g/mol. The lowest BCUT2D eigenvalue weighted by Crippen LogP contribution is -2.28. The summed E-state index contributed by atoms with van der Waals surface area (Å²) in [7, 11) is 1.55. The minimum absolute atomic E-state index is 0.112. The SMILES string of the molecule is COc1cccc(-c2onc(-c3ccc(CC(=O)O)cc3)c2C(=O)NCCOc2ccc(Cl)cc2Cl)c1. The van der Waals surface area contributed by atoms with Crippen molar-refractivity contribution in [3.05, 3.63) is 87.9 Å². The zero-order valence-corrected chi connectivity index (χ0v) is 21.2. The van der Waals surface area contributed by atoms with Crippen LogP contribution in [-0.2, 0) is 11.2 Å². The molecule has 0 saturated heterocycles. The van der Waals surface area contributed by atoms with Gasteiger partial charge in [0.05, 0.1) is 25.1 Å². The van der Waals surface area contributed by atoms with Gasteiger partial charge in [-0.3, -0.25) is 9.59 Å². The van der Waals surface area contributed by atoms with Crippen molar-refractivity contribution < 1.29 is 28.7 Å². The number of methoxy groups -OCH3 is 1. The van der Waals surface area contributed by atoms with E-state index in [-0.39, 0.29) is 30.9 Å². The molecule has 190 valence electrons. The van der Waals surface area contributed by atoms with E-state index in [9.17, 15) is 9.59 Å². The first-order valence-corrected chi connectivity index (χ1v) is 11.9. The Labute approximate surface area is 222 Å². The summed E-state index contributed by atoms with van der Waals surface area (Å²) < 4.78 is 16.6. The maximum absolute atomic E-state index is 13.4. The zero-order chi connectivity index (χ0) is 26.4. The van der Waals surface area contributed by atoms with Crippen LogP contribution >= 0.6 is 23.2 Å². The number of amides is 1. The molecule has 0 fully saturated rings. The monoisotopic (exact) mass is 540 g/mol. The average molecular weight is 541 g/mol. The standard InChI is InChI=1S/C27H22Cl2N2O6/c1-35-20-4-2-3-18(14-20)26-24(25(31-37-26)17-7-5-16(6-8-17)13-23(32)33)27(34)30-11-12-36-22-10-9-19(28)15-21(22)29/h2-10,14-15H,11-13H2,1H3,(H,30,34)(H,32,33). The number of nitrogens with one attached hydrogen (secondary N) is 1. The first-order valence-electron chi connectivity index (χ1n) is 11.2. The van der Waals surface area contributed by atoms with Gasteiger partial charge in [0.25, 0.3) is 5.91 Å². The molecule has 3 aromatic carbocycles. The maximum Gasteiger partial charge on any atom is 0.307 e. The molecule has 0 aliphatic carbocycles. The molecule has 8 nitrogen and oxygen atoms in total. The second-order valence-corrected chi connectivity index (χ2v) is 8.76. The number of nitrogens with zero attached hydrogens (tertiary/aromatic N) is 1. The van der Waals surface area contributed by atoms with E-state index in [4.69, 9.17) is 42.3 Å². The number of halogens is 2. The topological polar surface area (TPSA) is 111 Å². The van der Waals surface area contributed by atoms with Gasteiger partial charge in [0.1, 0.15) is 29.4 Å². The molecule has 0 aliphatic heterocycles. The Bertz CT molecular complexity index is 1420. The third-order valence-corrected chi connectivity index (χ3v) is 5.90. The summed E-state index contributed by atoms with van der Waals surface area (Å²) in [5.41, 5.74) is 2.37. The van der Waals surface area contributed by atoms with Crippen molar-refractivity contribution in [3.63, 3.8) is 0 Å². The number of aliphatic carboxylic acids is 1.